The van der Waals surface area contributed by atoms with Crippen LogP contribution in [0.3, 0.4) is 0 Å². The molecule has 0 fully saturated rings. The summed E-state index contributed by atoms with van der Waals surface area (Å²) >= 11 is 13.1. The standard InChI is InChI=1S/C25H14Cl2O9/c1-10(28)33-17-7-5-14-21(19(17)26)35-22-15(6-8-18(20(22)27)34-11(2)29)25(14)16-9-12(23(30)31)3-4-13(16)24(32)36-25/h3-9H,1-2H3,(H,30,31). The Morgan fingerprint density at radius 2 is 1.36 bits per heavy atom. The number of esters is 3. The largest absolute Gasteiger partial charge is 0.478 e. The molecule has 0 bridgehead atoms. The number of carbonyl (C=O) groups is 4. The number of aromatic carboxylic acids is 1. The zero-order chi connectivity index (χ0) is 25.9. The van der Waals surface area contributed by atoms with Gasteiger partial charge in [0.15, 0.2) is 28.6 Å². The van der Waals surface area contributed by atoms with Gasteiger partial charge in [-0.25, -0.2) is 9.59 Å². The Morgan fingerprint density at radius 1 is 0.833 bits per heavy atom. The molecule has 0 unspecified atom stereocenters. The Balaban J connectivity index is 1.87. The number of halogens is 2. The zero-order valence-electron chi connectivity index (χ0n) is 18.5. The van der Waals surface area contributed by atoms with Crippen LogP contribution in [0.5, 0.6) is 23.0 Å². The third kappa shape index (κ3) is 3.39. The molecule has 0 saturated carbocycles. The number of carboxylic acids is 1. The highest BCUT2D eigenvalue weighted by molar-refractivity contribution is 6.35. The van der Waals surface area contributed by atoms with Gasteiger partial charge in [-0.15, -0.1) is 0 Å². The summed E-state index contributed by atoms with van der Waals surface area (Å²) in [6.45, 7) is 2.39. The van der Waals surface area contributed by atoms with Crippen molar-refractivity contribution in [3.63, 3.8) is 0 Å². The summed E-state index contributed by atoms with van der Waals surface area (Å²) in [7, 11) is 0. The molecule has 0 radical (unpaired) electrons. The van der Waals surface area contributed by atoms with E-state index >= 15 is 0 Å². The molecule has 2 heterocycles. The summed E-state index contributed by atoms with van der Waals surface area (Å²) in [6, 6.07) is 9.76. The van der Waals surface area contributed by atoms with Crippen LogP contribution in [0.25, 0.3) is 0 Å². The number of carbonyl (C=O) groups excluding carboxylic acids is 3. The minimum Gasteiger partial charge on any atom is -0.478 e. The van der Waals surface area contributed by atoms with Gasteiger partial charge in [-0.05, 0) is 42.5 Å². The average molecular weight is 529 g/mol. The monoisotopic (exact) mass is 528 g/mol. The molecule has 1 spiro atoms. The number of carboxylic acid groups (broad SMARTS) is 1. The minimum absolute atomic E-state index is 0.0300. The molecule has 5 rings (SSSR count). The van der Waals surface area contributed by atoms with Crippen molar-refractivity contribution in [3.05, 3.63) is 80.3 Å². The van der Waals surface area contributed by atoms with Gasteiger partial charge in [0.1, 0.15) is 10.0 Å². The molecule has 2 aliphatic heterocycles. The van der Waals surface area contributed by atoms with E-state index in [1.807, 2.05) is 0 Å². The smallest absolute Gasteiger partial charge is 0.340 e. The third-order valence-electron chi connectivity index (χ3n) is 5.70. The first kappa shape index (κ1) is 23.7. The van der Waals surface area contributed by atoms with Crippen molar-refractivity contribution in [1.29, 1.82) is 0 Å². The fourth-order valence-corrected chi connectivity index (χ4v) is 4.82. The quantitative estimate of drug-likeness (QED) is 0.364. The first-order valence-corrected chi connectivity index (χ1v) is 11.1. The van der Waals surface area contributed by atoms with Crippen molar-refractivity contribution in [3.8, 4) is 23.0 Å². The number of ether oxygens (including phenoxy) is 4. The molecule has 9 nitrogen and oxygen atoms in total. The van der Waals surface area contributed by atoms with E-state index in [0.717, 1.165) is 0 Å². The van der Waals surface area contributed by atoms with Crippen LogP contribution < -0.4 is 14.2 Å². The Bertz CT molecular complexity index is 1450. The highest BCUT2D eigenvalue weighted by Gasteiger charge is 2.55. The second-order valence-electron chi connectivity index (χ2n) is 7.93. The summed E-state index contributed by atoms with van der Waals surface area (Å²) in [5.41, 5.74) is -1.00. The molecule has 0 aromatic heterocycles. The van der Waals surface area contributed by atoms with Gasteiger partial charge >= 0.3 is 23.9 Å². The highest BCUT2D eigenvalue weighted by atomic mass is 35.5. The Hall–Kier alpha value is -4.08. The molecule has 0 aliphatic carbocycles. The fraction of sp³-hybridized carbons (Fsp3) is 0.120. The van der Waals surface area contributed by atoms with Crippen LogP contribution in [0.1, 0.15) is 51.3 Å². The van der Waals surface area contributed by atoms with Crippen molar-refractivity contribution in [2.24, 2.45) is 0 Å². The van der Waals surface area contributed by atoms with Crippen LogP contribution >= 0.6 is 23.2 Å². The molecular weight excluding hydrogens is 515 g/mol. The lowest BCUT2D eigenvalue weighted by atomic mass is 9.77. The maximum Gasteiger partial charge on any atom is 0.340 e. The minimum atomic E-state index is -1.72. The van der Waals surface area contributed by atoms with Gasteiger partial charge in [0.05, 0.1) is 11.1 Å². The van der Waals surface area contributed by atoms with E-state index in [1.54, 1.807) is 0 Å². The summed E-state index contributed by atoms with van der Waals surface area (Å²) in [4.78, 5) is 47.9. The lowest BCUT2D eigenvalue weighted by molar-refractivity contribution is -0.132. The molecule has 11 heteroatoms. The van der Waals surface area contributed by atoms with Gasteiger partial charge < -0.3 is 24.1 Å². The molecule has 182 valence electrons. The van der Waals surface area contributed by atoms with Crippen LogP contribution in [-0.4, -0.2) is 29.0 Å². The van der Waals surface area contributed by atoms with Gasteiger partial charge in [-0.1, -0.05) is 23.2 Å². The highest BCUT2D eigenvalue weighted by Crippen LogP contribution is 2.61. The van der Waals surface area contributed by atoms with Crippen molar-refractivity contribution in [1.82, 2.24) is 0 Å². The molecule has 36 heavy (non-hydrogen) atoms. The lowest BCUT2D eigenvalue weighted by Crippen LogP contribution is -2.33. The summed E-state index contributed by atoms with van der Waals surface area (Å²) in [5.74, 6) is -3.37. The van der Waals surface area contributed by atoms with Crippen molar-refractivity contribution >= 4 is 47.1 Å². The van der Waals surface area contributed by atoms with Crippen LogP contribution in [-0.2, 0) is 19.9 Å². The zero-order valence-corrected chi connectivity index (χ0v) is 20.0. The van der Waals surface area contributed by atoms with Gasteiger partial charge in [-0.3, -0.25) is 9.59 Å². The molecule has 3 aromatic carbocycles. The van der Waals surface area contributed by atoms with Crippen molar-refractivity contribution < 1.29 is 43.2 Å². The van der Waals surface area contributed by atoms with Crippen molar-refractivity contribution in [2.45, 2.75) is 19.4 Å². The second-order valence-corrected chi connectivity index (χ2v) is 8.69. The van der Waals surface area contributed by atoms with Crippen LogP contribution in [0, 0.1) is 0 Å². The first-order chi connectivity index (χ1) is 17.0. The predicted octanol–water partition coefficient (Wildman–Crippen LogP) is 5.11. The van der Waals surface area contributed by atoms with E-state index in [0.29, 0.717) is 0 Å². The second kappa shape index (κ2) is 8.25. The van der Waals surface area contributed by atoms with E-state index in [9.17, 15) is 24.3 Å². The molecule has 3 aromatic rings. The van der Waals surface area contributed by atoms with Crippen molar-refractivity contribution in [2.75, 3.05) is 0 Å². The van der Waals surface area contributed by atoms with E-state index in [1.165, 1.54) is 56.3 Å². The number of fused-ring (bicyclic) bond motifs is 6. The van der Waals surface area contributed by atoms with Crippen LogP contribution in [0.2, 0.25) is 10.0 Å². The van der Waals surface area contributed by atoms with E-state index in [-0.39, 0.29) is 60.9 Å². The predicted molar refractivity (Wildman–Crippen MR) is 124 cm³/mol. The van der Waals surface area contributed by atoms with Gasteiger partial charge in [0.25, 0.3) is 0 Å². The molecular formula is C25H14Cl2O9. The average Bonchev–Trinajstić information content (AvgIpc) is 3.10. The lowest BCUT2D eigenvalue weighted by Gasteiger charge is -2.37. The summed E-state index contributed by atoms with van der Waals surface area (Å²) in [6.07, 6.45) is 0. The first-order valence-electron chi connectivity index (χ1n) is 10.4. The number of hydrogen-bond acceptors (Lipinski definition) is 8. The van der Waals surface area contributed by atoms with Gasteiger partial charge in [-0.2, -0.15) is 0 Å². The maximum absolute atomic E-state index is 13.0. The van der Waals surface area contributed by atoms with Crippen LogP contribution in [0.4, 0.5) is 0 Å². The van der Waals surface area contributed by atoms with E-state index < -0.39 is 29.5 Å². The summed E-state index contributed by atoms with van der Waals surface area (Å²) in [5, 5.41) is 9.35. The fourth-order valence-electron chi connectivity index (χ4n) is 4.34. The SMILES string of the molecule is CC(=O)Oc1ccc2c(c1Cl)Oc1c(ccc(OC(C)=O)c1Cl)C21OC(=O)c2ccc(C(=O)O)cc21. The topological polar surface area (TPSA) is 125 Å². The summed E-state index contributed by atoms with van der Waals surface area (Å²) < 4.78 is 22.3. The molecule has 0 amide bonds. The number of rotatable bonds is 3. The Labute approximate surface area is 213 Å². The molecule has 2 aliphatic rings. The molecule has 0 saturated heterocycles. The van der Waals surface area contributed by atoms with E-state index in [2.05, 4.69) is 0 Å². The van der Waals surface area contributed by atoms with Gasteiger partial charge in [0, 0.05) is 30.5 Å². The third-order valence-corrected chi connectivity index (χ3v) is 6.42. The van der Waals surface area contributed by atoms with E-state index in [4.69, 9.17) is 42.1 Å². The Kier molecular flexibility index (Phi) is 5.42. The molecule has 1 N–H and O–H groups in total. The van der Waals surface area contributed by atoms with Gasteiger partial charge in [0.2, 0.25) is 0 Å². The van der Waals surface area contributed by atoms with Crippen LogP contribution in [0.15, 0.2) is 42.5 Å². The normalized spacial score (nSPS) is 14.2. The Morgan fingerprint density at radius 3 is 1.83 bits per heavy atom. The molecule has 0 atom stereocenters. The number of hydrogen-bond donors (Lipinski definition) is 1. The maximum atomic E-state index is 13.0. The number of benzene rings is 3.